The Hall–Kier alpha value is -2.49. The average molecular weight is 367 g/mol. The van der Waals surface area contributed by atoms with Gasteiger partial charge >= 0.3 is 0 Å². The number of carbonyl (C=O) groups excluding carboxylic acids is 1. The lowest BCUT2D eigenvalue weighted by molar-refractivity contribution is -0.123. The molecule has 0 spiro atoms. The van der Waals surface area contributed by atoms with Gasteiger partial charge in [0.2, 0.25) is 0 Å². The summed E-state index contributed by atoms with van der Waals surface area (Å²) in [6.45, 7) is 3.38. The van der Waals surface area contributed by atoms with Crippen molar-refractivity contribution in [2.45, 2.75) is 45.4 Å². The maximum atomic E-state index is 12.0. The second-order valence-corrected chi connectivity index (χ2v) is 6.96. The molecule has 1 N–H and O–H groups in total. The van der Waals surface area contributed by atoms with E-state index in [1.54, 1.807) is 0 Å². The van der Waals surface area contributed by atoms with Gasteiger partial charge in [-0.2, -0.15) is 0 Å². The summed E-state index contributed by atoms with van der Waals surface area (Å²) in [6, 6.07) is 14.3. The SMILES string of the molecule is CCOc1ccc(CCCNC(=O)COc2ccc3c(c2)CCCC3)cc1. The fraction of sp³-hybridized carbons (Fsp3) is 0.435. The van der Waals surface area contributed by atoms with Crippen LogP contribution in [0.5, 0.6) is 11.5 Å². The molecular weight excluding hydrogens is 338 g/mol. The molecule has 2 aromatic carbocycles. The van der Waals surface area contributed by atoms with Gasteiger partial charge < -0.3 is 14.8 Å². The summed E-state index contributed by atoms with van der Waals surface area (Å²) in [6.07, 6.45) is 6.61. The third-order valence-electron chi connectivity index (χ3n) is 4.89. The molecule has 0 unspecified atom stereocenters. The van der Waals surface area contributed by atoms with Gasteiger partial charge in [0.25, 0.3) is 5.91 Å². The fourth-order valence-electron chi connectivity index (χ4n) is 3.44. The minimum Gasteiger partial charge on any atom is -0.494 e. The van der Waals surface area contributed by atoms with Crippen LogP contribution in [0.4, 0.5) is 0 Å². The van der Waals surface area contributed by atoms with E-state index in [1.807, 2.05) is 25.1 Å². The highest BCUT2D eigenvalue weighted by Gasteiger charge is 2.10. The van der Waals surface area contributed by atoms with Crippen molar-refractivity contribution in [1.82, 2.24) is 5.32 Å². The molecule has 4 nitrogen and oxygen atoms in total. The average Bonchev–Trinajstić information content (AvgIpc) is 2.71. The van der Waals surface area contributed by atoms with Crippen LogP contribution in [0.1, 0.15) is 42.9 Å². The first-order valence-corrected chi connectivity index (χ1v) is 9.97. The Labute approximate surface area is 161 Å². The number of fused-ring (bicyclic) bond motifs is 1. The molecule has 0 aromatic heterocycles. The molecular formula is C23H29NO3. The minimum atomic E-state index is -0.0700. The van der Waals surface area contributed by atoms with Crippen LogP contribution in [-0.4, -0.2) is 25.7 Å². The van der Waals surface area contributed by atoms with Crippen molar-refractivity contribution < 1.29 is 14.3 Å². The van der Waals surface area contributed by atoms with E-state index in [1.165, 1.54) is 29.5 Å². The Morgan fingerprint density at radius 2 is 1.70 bits per heavy atom. The van der Waals surface area contributed by atoms with E-state index in [2.05, 4.69) is 29.6 Å². The van der Waals surface area contributed by atoms with Crippen molar-refractivity contribution in [1.29, 1.82) is 0 Å². The van der Waals surface area contributed by atoms with Crippen LogP contribution in [0.3, 0.4) is 0 Å². The quantitative estimate of drug-likeness (QED) is 0.679. The highest BCUT2D eigenvalue weighted by atomic mass is 16.5. The molecule has 2 aromatic rings. The van der Waals surface area contributed by atoms with Gasteiger partial charge in [-0.05, 0) is 86.4 Å². The molecule has 0 radical (unpaired) electrons. The summed E-state index contributed by atoms with van der Waals surface area (Å²) in [5, 5.41) is 2.93. The Morgan fingerprint density at radius 1 is 0.963 bits per heavy atom. The van der Waals surface area contributed by atoms with E-state index in [9.17, 15) is 4.79 Å². The topological polar surface area (TPSA) is 47.6 Å². The van der Waals surface area contributed by atoms with Crippen LogP contribution in [0.15, 0.2) is 42.5 Å². The number of rotatable bonds is 9. The minimum absolute atomic E-state index is 0.0700. The number of hydrogen-bond donors (Lipinski definition) is 1. The van der Waals surface area contributed by atoms with Crippen molar-refractivity contribution >= 4 is 5.91 Å². The molecule has 0 fully saturated rings. The van der Waals surface area contributed by atoms with Gasteiger partial charge in [-0.3, -0.25) is 4.79 Å². The summed E-state index contributed by atoms with van der Waals surface area (Å²) in [4.78, 5) is 12.0. The zero-order valence-electron chi connectivity index (χ0n) is 16.1. The molecule has 27 heavy (non-hydrogen) atoms. The van der Waals surface area contributed by atoms with E-state index in [0.29, 0.717) is 13.2 Å². The molecule has 144 valence electrons. The van der Waals surface area contributed by atoms with Crippen LogP contribution >= 0.6 is 0 Å². The van der Waals surface area contributed by atoms with Crippen LogP contribution in [-0.2, 0) is 24.1 Å². The van der Waals surface area contributed by atoms with E-state index in [4.69, 9.17) is 9.47 Å². The van der Waals surface area contributed by atoms with Gasteiger partial charge in [-0.15, -0.1) is 0 Å². The van der Waals surface area contributed by atoms with Crippen LogP contribution in [0.25, 0.3) is 0 Å². The Morgan fingerprint density at radius 3 is 2.48 bits per heavy atom. The predicted octanol–water partition coefficient (Wildman–Crippen LogP) is 4.09. The first-order valence-electron chi connectivity index (χ1n) is 9.97. The van der Waals surface area contributed by atoms with Gasteiger partial charge in [0, 0.05) is 6.54 Å². The summed E-state index contributed by atoms with van der Waals surface area (Å²) in [5.41, 5.74) is 4.04. The van der Waals surface area contributed by atoms with Crippen LogP contribution in [0.2, 0.25) is 0 Å². The van der Waals surface area contributed by atoms with E-state index in [-0.39, 0.29) is 12.5 Å². The van der Waals surface area contributed by atoms with Gasteiger partial charge in [0.1, 0.15) is 11.5 Å². The molecule has 0 aliphatic heterocycles. The highest BCUT2D eigenvalue weighted by molar-refractivity contribution is 5.77. The number of amides is 1. The molecule has 0 saturated heterocycles. The first kappa shape index (κ1) is 19.3. The Bertz CT molecular complexity index is 740. The van der Waals surface area contributed by atoms with E-state index in [0.717, 1.165) is 37.2 Å². The number of ether oxygens (including phenoxy) is 2. The summed E-state index contributed by atoms with van der Waals surface area (Å²) in [7, 11) is 0. The molecule has 1 aliphatic rings. The summed E-state index contributed by atoms with van der Waals surface area (Å²) >= 11 is 0. The van der Waals surface area contributed by atoms with Crippen molar-refractivity contribution in [2.75, 3.05) is 19.8 Å². The van der Waals surface area contributed by atoms with Crippen molar-refractivity contribution in [3.63, 3.8) is 0 Å². The molecule has 1 aliphatic carbocycles. The standard InChI is InChI=1S/C23H29NO3/c1-2-26-21-12-9-18(10-13-21)6-5-15-24-23(25)17-27-22-14-11-19-7-3-4-8-20(19)16-22/h9-14,16H,2-8,15,17H2,1H3,(H,24,25). The van der Waals surface area contributed by atoms with Gasteiger partial charge in [0.15, 0.2) is 6.61 Å². The van der Waals surface area contributed by atoms with E-state index < -0.39 is 0 Å². The molecule has 4 heteroatoms. The van der Waals surface area contributed by atoms with Crippen LogP contribution in [0, 0.1) is 0 Å². The molecule has 0 heterocycles. The van der Waals surface area contributed by atoms with Crippen LogP contribution < -0.4 is 14.8 Å². The maximum absolute atomic E-state index is 12.0. The number of carbonyl (C=O) groups is 1. The Kier molecular flexibility index (Phi) is 7.14. The van der Waals surface area contributed by atoms with Crippen molar-refractivity contribution in [2.24, 2.45) is 0 Å². The largest absolute Gasteiger partial charge is 0.494 e. The number of benzene rings is 2. The predicted molar refractivity (Wildman–Crippen MR) is 108 cm³/mol. The second kappa shape index (κ2) is 10.0. The van der Waals surface area contributed by atoms with Crippen molar-refractivity contribution in [3.05, 3.63) is 59.2 Å². The normalized spacial score (nSPS) is 12.9. The van der Waals surface area contributed by atoms with E-state index >= 15 is 0 Å². The molecule has 0 atom stereocenters. The van der Waals surface area contributed by atoms with Gasteiger partial charge in [-0.25, -0.2) is 0 Å². The lowest BCUT2D eigenvalue weighted by atomic mass is 9.92. The third kappa shape index (κ3) is 6.02. The third-order valence-corrected chi connectivity index (χ3v) is 4.89. The lowest BCUT2D eigenvalue weighted by Gasteiger charge is -2.16. The fourth-order valence-corrected chi connectivity index (χ4v) is 3.44. The number of hydrogen-bond acceptors (Lipinski definition) is 3. The smallest absolute Gasteiger partial charge is 0.257 e. The second-order valence-electron chi connectivity index (χ2n) is 6.96. The lowest BCUT2D eigenvalue weighted by Crippen LogP contribution is -2.29. The maximum Gasteiger partial charge on any atom is 0.257 e. The highest BCUT2D eigenvalue weighted by Crippen LogP contribution is 2.25. The zero-order chi connectivity index (χ0) is 18.9. The van der Waals surface area contributed by atoms with Gasteiger partial charge in [0.05, 0.1) is 6.61 Å². The molecule has 0 saturated carbocycles. The van der Waals surface area contributed by atoms with Crippen molar-refractivity contribution in [3.8, 4) is 11.5 Å². The zero-order valence-corrected chi connectivity index (χ0v) is 16.1. The summed E-state index contributed by atoms with van der Waals surface area (Å²) in [5.74, 6) is 1.62. The first-order chi connectivity index (χ1) is 13.2. The molecule has 3 rings (SSSR count). The monoisotopic (exact) mass is 367 g/mol. The number of aryl methyl sites for hydroxylation is 3. The molecule has 0 bridgehead atoms. The number of nitrogens with one attached hydrogen (secondary N) is 1. The Balaban J connectivity index is 1.34. The molecule has 1 amide bonds. The summed E-state index contributed by atoms with van der Waals surface area (Å²) < 4.78 is 11.1. The van der Waals surface area contributed by atoms with Gasteiger partial charge in [-0.1, -0.05) is 18.2 Å².